The van der Waals surface area contributed by atoms with E-state index < -0.39 is 0 Å². The standard InChI is InChI=1S/C12H8Br2ClNO/c13-7-1-3-12(10(16)5-7)17-11-4-2-8(15)6-9(11)14/h1-6H,16H2. The molecule has 2 aromatic rings. The van der Waals surface area contributed by atoms with Gasteiger partial charge in [0.25, 0.3) is 0 Å². The minimum atomic E-state index is 0.571. The lowest BCUT2D eigenvalue weighted by Crippen LogP contribution is -1.92. The molecule has 2 N–H and O–H groups in total. The van der Waals surface area contributed by atoms with Crippen molar-refractivity contribution in [3.05, 3.63) is 50.4 Å². The maximum Gasteiger partial charge on any atom is 0.150 e. The highest BCUT2D eigenvalue weighted by atomic mass is 79.9. The molecule has 2 rings (SSSR count). The summed E-state index contributed by atoms with van der Waals surface area (Å²) in [6, 6.07) is 10.8. The number of anilines is 1. The summed E-state index contributed by atoms with van der Waals surface area (Å²) in [6.45, 7) is 0. The van der Waals surface area contributed by atoms with Crippen LogP contribution in [0.3, 0.4) is 0 Å². The lowest BCUT2D eigenvalue weighted by atomic mass is 10.3. The van der Waals surface area contributed by atoms with Crippen molar-refractivity contribution in [2.75, 3.05) is 5.73 Å². The summed E-state index contributed by atoms with van der Waals surface area (Å²) in [5.41, 5.74) is 6.42. The van der Waals surface area contributed by atoms with Gasteiger partial charge in [-0.15, -0.1) is 0 Å². The quantitative estimate of drug-likeness (QED) is 0.727. The molecule has 0 amide bonds. The molecule has 2 nitrogen and oxygen atoms in total. The monoisotopic (exact) mass is 375 g/mol. The number of nitrogens with two attached hydrogens (primary N) is 1. The Hall–Kier alpha value is -0.710. The van der Waals surface area contributed by atoms with Crippen LogP contribution in [0.4, 0.5) is 5.69 Å². The fourth-order valence-electron chi connectivity index (χ4n) is 1.29. The predicted molar refractivity (Wildman–Crippen MR) is 77.8 cm³/mol. The summed E-state index contributed by atoms with van der Waals surface area (Å²) in [7, 11) is 0. The third-order valence-electron chi connectivity index (χ3n) is 2.09. The number of nitrogen functional groups attached to an aromatic ring is 1. The van der Waals surface area contributed by atoms with Crippen molar-refractivity contribution < 1.29 is 4.74 Å². The van der Waals surface area contributed by atoms with Crippen LogP contribution in [0.1, 0.15) is 0 Å². The number of rotatable bonds is 2. The Bertz CT molecular complexity index is 511. The van der Waals surface area contributed by atoms with Crippen molar-refractivity contribution in [1.82, 2.24) is 0 Å². The van der Waals surface area contributed by atoms with Gasteiger partial charge in [0.1, 0.15) is 11.5 Å². The van der Waals surface area contributed by atoms with E-state index in [4.69, 9.17) is 22.1 Å². The van der Waals surface area contributed by atoms with Gasteiger partial charge in [0, 0.05) is 9.50 Å². The molecule has 0 atom stereocenters. The molecule has 0 fully saturated rings. The van der Waals surface area contributed by atoms with Crippen LogP contribution in [0.5, 0.6) is 11.5 Å². The van der Waals surface area contributed by atoms with Gasteiger partial charge in [-0.05, 0) is 52.3 Å². The average Bonchev–Trinajstić information content (AvgIpc) is 2.25. The molecule has 0 heterocycles. The summed E-state index contributed by atoms with van der Waals surface area (Å²) in [6.07, 6.45) is 0. The highest BCUT2D eigenvalue weighted by Crippen LogP contribution is 2.35. The molecule has 0 aromatic heterocycles. The van der Waals surface area contributed by atoms with E-state index in [0.29, 0.717) is 22.2 Å². The molecule has 0 aliphatic carbocycles. The number of hydrogen-bond acceptors (Lipinski definition) is 2. The van der Waals surface area contributed by atoms with Crippen molar-refractivity contribution in [3.63, 3.8) is 0 Å². The number of ether oxygens (including phenoxy) is 1. The largest absolute Gasteiger partial charge is 0.454 e. The molecule has 2 aromatic carbocycles. The van der Waals surface area contributed by atoms with Crippen LogP contribution in [-0.2, 0) is 0 Å². The first-order valence-electron chi connectivity index (χ1n) is 4.74. The number of halogens is 3. The van der Waals surface area contributed by atoms with Gasteiger partial charge < -0.3 is 10.5 Å². The van der Waals surface area contributed by atoms with Gasteiger partial charge in [-0.2, -0.15) is 0 Å². The topological polar surface area (TPSA) is 35.2 Å². The van der Waals surface area contributed by atoms with Crippen molar-refractivity contribution in [2.45, 2.75) is 0 Å². The molecule has 0 bridgehead atoms. The first-order valence-corrected chi connectivity index (χ1v) is 6.70. The van der Waals surface area contributed by atoms with Crippen molar-refractivity contribution in [2.24, 2.45) is 0 Å². The summed E-state index contributed by atoms with van der Waals surface area (Å²) in [5, 5.41) is 0.646. The smallest absolute Gasteiger partial charge is 0.150 e. The van der Waals surface area contributed by atoms with Crippen molar-refractivity contribution in [3.8, 4) is 11.5 Å². The number of hydrogen-bond donors (Lipinski definition) is 1. The highest BCUT2D eigenvalue weighted by molar-refractivity contribution is 9.10. The Morgan fingerprint density at radius 3 is 2.35 bits per heavy atom. The van der Waals surface area contributed by atoms with E-state index in [1.807, 2.05) is 6.07 Å². The Morgan fingerprint density at radius 2 is 1.71 bits per heavy atom. The molecule has 0 aliphatic heterocycles. The van der Waals surface area contributed by atoms with Gasteiger partial charge in [0.05, 0.1) is 10.2 Å². The second kappa shape index (κ2) is 5.29. The first kappa shape index (κ1) is 12.7. The molecule has 0 unspecified atom stereocenters. The molecule has 0 saturated carbocycles. The molecular weight excluding hydrogens is 369 g/mol. The summed E-state index contributed by atoms with van der Waals surface area (Å²) >= 11 is 12.6. The third-order valence-corrected chi connectivity index (χ3v) is 3.43. The van der Waals surface area contributed by atoms with Gasteiger partial charge in [0.15, 0.2) is 0 Å². The zero-order valence-corrected chi connectivity index (χ0v) is 12.5. The van der Waals surface area contributed by atoms with Crippen LogP contribution in [0, 0.1) is 0 Å². The van der Waals surface area contributed by atoms with Gasteiger partial charge in [-0.1, -0.05) is 27.5 Å². The molecule has 5 heteroatoms. The number of benzene rings is 2. The maximum atomic E-state index is 5.86. The van der Waals surface area contributed by atoms with E-state index in [9.17, 15) is 0 Å². The van der Waals surface area contributed by atoms with E-state index in [-0.39, 0.29) is 0 Å². The van der Waals surface area contributed by atoms with Crippen LogP contribution in [0.2, 0.25) is 5.02 Å². The van der Waals surface area contributed by atoms with Gasteiger partial charge in [-0.3, -0.25) is 0 Å². The normalized spacial score (nSPS) is 10.3. The van der Waals surface area contributed by atoms with Crippen LogP contribution in [-0.4, -0.2) is 0 Å². The minimum Gasteiger partial charge on any atom is -0.454 e. The minimum absolute atomic E-state index is 0.571. The second-order valence-electron chi connectivity index (χ2n) is 3.36. The molecule has 0 radical (unpaired) electrons. The fraction of sp³-hybridized carbons (Fsp3) is 0. The lowest BCUT2D eigenvalue weighted by Gasteiger charge is -2.10. The fourth-order valence-corrected chi connectivity index (χ4v) is 2.43. The van der Waals surface area contributed by atoms with E-state index >= 15 is 0 Å². The van der Waals surface area contributed by atoms with Crippen LogP contribution >= 0.6 is 43.5 Å². The van der Waals surface area contributed by atoms with Crippen LogP contribution < -0.4 is 10.5 Å². The van der Waals surface area contributed by atoms with E-state index in [2.05, 4.69) is 31.9 Å². The second-order valence-corrected chi connectivity index (χ2v) is 5.57. The molecule has 17 heavy (non-hydrogen) atoms. The Morgan fingerprint density at radius 1 is 1.00 bits per heavy atom. The Labute approximate surface area is 121 Å². The average molecular weight is 377 g/mol. The van der Waals surface area contributed by atoms with Gasteiger partial charge >= 0.3 is 0 Å². The summed E-state index contributed by atoms with van der Waals surface area (Å²) < 4.78 is 7.40. The van der Waals surface area contributed by atoms with E-state index in [1.54, 1.807) is 30.3 Å². The highest BCUT2D eigenvalue weighted by Gasteiger charge is 2.06. The SMILES string of the molecule is Nc1cc(Br)ccc1Oc1ccc(Cl)cc1Br. The lowest BCUT2D eigenvalue weighted by molar-refractivity contribution is 0.482. The third kappa shape index (κ3) is 3.15. The zero-order valence-electron chi connectivity index (χ0n) is 8.58. The zero-order chi connectivity index (χ0) is 12.4. The maximum absolute atomic E-state index is 5.86. The van der Waals surface area contributed by atoms with Crippen molar-refractivity contribution in [1.29, 1.82) is 0 Å². The van der Waals surface area contributed by atoms with Crippen LogP contribution in [0.25, 0.3) is 0 Å². The van der Waals surface area contributed by atoms with Crippen LogP contribution in [0.15, 0.2) is 45.3 Å². The van der Waals surface area contributed by atoms with Gasteiger partial charge in [0.2, 0.25) is 0 Å². The molecule has 0 spiro atoms. The summed E-state index contributed by atoms with van der Waals surface area (Å²) in [5.74, 6) is 1.28. The Balaban J connectivity index is 2.31. The molecule has 0 aliphatic rings. The van der Waals surface area contributed by atoms with E-state index in [1.165, 1.54) is 0 Å². The van der Waals surface area contributed by atoms with Crippen molar-refractivity contribution >= 4 is 49.1 Å². The van der Waals surface area contributed by atoms with E-state index in [0.717, 1.165) is 8.95 Å². The first-order chi connectivity index (χ1) is 8.06. The molecular formula is C12H8Br2ClNO. The summed E-state index contributed by atoms with van der Waals surface area (Å²) in [4.78, 5) is 0. The van der Waals surface area contributed by atoms with Gasteiger partial charge in [-0.25, -0.2) is 0 Å². The molecule has 88 valence electrons. The molecule has 0 saturated heterocycles. The predicted octanol–water partition coefficient (Wildman–Crippen LogP) is 5.24. The Kier molecular flexibility index (Phi) is 3.97.